The maximum absolute atomic E-state index is 13.0. The van der Waals surface area contributed by atoms with Crippen molar-refractivity contribution >= 4 is 98.1 Å². The lowest BCUT2D eigenvalue weighted by molar-refractivity contribution is -0.113. The normalized spacial score (nSPS) is 10.8. The lowest BCUT2D eigenvalue weighted by Crippen LogP contribution is -2.18. The number of benzene rings is 3. The number of carboxylic acid groups (broad SMARTS) is 1. The van der Waals surface area contributed by atoms with E-state index in [0.29, 0.717) is 22.3 Å². The average molecular weight is 671 g/mol. The molecule has 0 bridgehead atoms. The Morgan fingerprint density at radius 1 is 0.951 bits per heavy atom. The van der Waals surface area contributed by atoms with Crippen LogP contribution in [0.2, 0.25) is 20.1 Å². The van der Waals surface area contributed by atoms with Crippen molar-refractivity contribution in [3.8, 4) is 17.0 Å². The van der Waals surface area contributed by atoms with Crippen molar-refractivity contribution in [1.82, 2.24) is 4.98 Å². The number of carbonyl (C=O) groups is 3. The summed E-state index contributed by atoms with van der Waals surface area (Å²) >= 11 is 26.7. The predicted octanol–water partition coefficient (Wildman–Crippen LogP) is 8.50. The first-order valence-electron chi connectivity index (χ1n) is 11.7. The van der Waals surface area contributed by atoms with E-state index in [9.17, 15) is 19.5 Å². The van der Waals surface area contributed by atoms with Crippen molar-refractivity contribution in [3.05, 3.63) is 85.1 Å². The summed E-state index contributed by atoms with van der Waals surface area (Å²) in [4.78, 5) is 42.5. The van der Waals surface area contributed by atoms with Crippen LogP contribution in [0.3, 0.4) is 0 Å². The fourth-order valence-electron chi connectivity index (χ4n) is 3.56. The van der Waals surface area contributed by atoms with Crippen molar-refractivity contribution in [1.29, 1.82) is 0 Å². The van der Waals surface area contributed by atoms with Crippen LogP contribution in [0.1, 0.15) is 27.6 Å². The van der Waals surface area contributed by atoms with Crippen molar-refractivity contribution < 1.29 is 24.2 Å². The summed E-state index contributed by atoms with van der Waals surface area (Å²) in [5.74, 6) is -1.76. The molecule has 0 spiro atoms. The van der Waals surface area contributed by atoms with E-state index < -0.39 is 28.0 Å². The number of hydrogen-bond acceptors (Lipinski definition) is 7. The van der Waals surface area contributed by atoms with Crippen molar-refractivity contribution in [2.75, 3.05) is 23.0 Å². The van der Waals surface area contributed by atoms with E-state index >= 15 is 0 Å². The van der Waals surface area contributed by atoms with Crippen LogP contribution in [-0.4, -0.2) is 40.2 Å². The van der Waals surface area contributed by atoms with Gasteiger partial charge in [0.2, 0.25) is 5.91 Å². The van der Waals surface area contributed by atoms with Gasteiger partial charge in [-0.15, -0.1) is 23.1 Å². The summed E-state index contributed by atoms with van der Waals surface area (Å²) in [6.45, 7) is 2.50. The number of halogens is 4. The van der Waals surface area contributed by atoms with Gasteiger partial charge < -0.3 is 20.5 Å². The molecule has 4 rings (SSSR count). The largest absolute Gasteiger partial charge is 0.494 e. The first-order valence-corrected chi connectivity index (χ1v) is 15.1. The Balaban J connectivity index is 1.39. The number of thiazole rings is 1. The Kier molecular flexibility index (Phi) is 10.4. The number of aromatic nitrogens is 1. The van der Waals surface area contributed by atoms with Crippen LogP contribution >= 0.6 is 69.5 Å². The molecule has 0 saturated carbocycles. The quantitative estimate of drug-likeness (QED) is 0.0879. The molecule has 3 N–H and O–H groups in total. The van der Waals surface area contributed by atoms with Gasteiger partial charge in [0, 0.05) is 21.5 Å². The predicted molar refractivity (Wildman–Crippen MR) is 166 cm³/mol. The summed E-state index contributed by atoms with van der Waals surface area (Å²) in [5, 5.41) is 16.0. The highest BCUT2D eigenvalue weighted by atomic mass is 35.5. The number of amides is 2. The molecule has 0 atom stereocenters. The van der Waals surface area contributed by atoms with Gasteiger partial charge >= 0.3 is 5.97 Å². The first-order chi connectivity index (χ1) is 19.6. The summed E-state index contributed by atoms with van der Waals surface area (Å²) in [6, 6.07) is 14.2. The van der Waals surface area contributed by atoms with Gasteiger partial charge in [0.05, 0.1) is 49.3 Å². The fraction of sp³-hybridized carbons (Fsp3) is 0.111. The summed E-state index contributed by atoms with van der Waals surface area (Å²) in [5.41, 5.74) is 0.967. The topological polar surface area (TPSA) is 118 Å². The Hall–Kier alpha value is -2.99. The number of carboxylic acids is 1. The van der Waals surface area contributed by atoms with Crippen molar-refractivity contribution in [3.63, 3.8) is 0 Å². The van der Waals surface area contributed by atoms with Crippen molar-refractivity contribution in [2.45, 2.75) is 11.8 Å². The van der Waals surface area contributed by atoms with E-state index in [-0.39, 0.29) is 26.7 Å². The zero-order valence-electron chi connectivity index (χ0n) is 21.0. The van der Waals surface area contributed by atoms with Gasteiger partial charge in [-0.2, -0.15) is 0 Å². The number of hydrogen-bond donors (Lipinski definition) is 3. The number of ether oxygens (including phenoxy) is 1. The molecule has 8 nitrogen and oxygen atoms in total. The van der Waals surface area contributed by atoms with Gasteiger partial charge in [-0.1, -0.05) is 52.5 Å². The lowest BCUT2D eigenvalue weighted by Gasteiger charge is -2.14. The average Bonchev–Trinajstić information content (AvgIpc) is 3.41. The van der Waals surface area contributed by atoms with Gasteiger partial charge in [-0.05, 0) is 49.4 Å². The number of nitrogens with zero attached hydrogens (tertiary/aromatic N) is 1. The molecular formula is C27H19Cl4N3O5S2. The van der Waals surface area contributed by atoms with E-state index in [0.717, 1.165) is 17.0 Å². The number of anilines is 2. The molecule has 0 radical (unpaired) electrons. The Labute approximate surface area is 262 Å². The van der Waals surface area contributed by atoms with Crippen LogP contribution in [0, 0.1) is 0 Å². The number of rotatable bonds is 10. The SMILES string of the molecule is CCOc1ccc(-c2csc(NC(=O)CSc3cccc(NC(=O)c4c(Cl)c(Cl)c(Cl)c(Cl)c4C(=O)O)c3)n2)cc1. The van der Waals surface area contributed by atoms with Crippen molar-refractivity contribution in [2.24, 2.45) is 0 Å². The zero-order chi connectivity index (χ0) is 29.7. The highest BCUT2D eigenvalue weighted by molar-refractivity contribution is 8.00. The summed E-state index contributed by atoms with van der Waals surface area (Å²) in [6.07, 6.45) is 0. The molecule has 41 heavy (non-hydrogen) atoms. The first kappa shape index (κ1) is 31.0. The van der Waals surface area contributed by atoms with Gasteiger partial charge in [0.15, 0.2) is 5.13 Å². The van der Waals surface area contributed by atoms with E-state index in [1.54, 1.807) is 24.3 Å². The van der Waals surface area contributed by atoms with Crippen LogP contribution < -0.4 is 15.4 Å². The molecule has 14 heteroatoms. The second-order valence-electron chi connectivity index (χ2n) is 8.13. The van der Waals surface area contributed by atoms with Gasteiger partial charge in [-0.25, -0.2) is 9.78 Å². The molecule has 4 aromatic rings. The highest BCUT2D eigenvalue weighted by Gasteiger charge is 2.29. The fourth-order valence-corrected chi connectivity index (χ4v) is 6.07. The molecule has 2 amide bonds. The van der Waals surface area contributed by atoms with E-state index in [2.05, 4.69) is 15.6 Å². The van der Waals surface area contributed by atoms with Gasteiger partial charge in [0.25, 0.3) is 5.91 Å². The minimum absolute atomic E-state index is 0.0761. The second kappa shape index (κ2) is 13.8. The van der Waals surface area contributed by atoms with Crippen LogP contribution in [0.15, 0.2) is 58.8 Å². The molecule has 0 aliphatic carbocycles. The van der Waals surface area contributed by atoms with Crippen LogP contribution in [0.4, 0.5) is 10.8 Å². The minimum Gasteiger partial charge on any atom is -0.494 e. The molecular weight excluding hydrogens is 652 g/mol. The standard InChI is InChI=1S/C27H19Cl4N3O5S2/c1-2-39-15-8-6-13(7-9-15)17-11-41-27(33-17)34-18(35)12-40-16-5-3-4-14(10-16)32-25(36)19-20(26(37)38)22(29)24(31)23(30)21(19)28/h3-11H,2,12H2,1H3,(H,32,36)(H,37,38)(H,33,34,35). The second-order valence-corrected chi connectivity index (χ2v) is 11.5. The third-order valence-electron chi connectivity index (χ3n) is 5.38. The molecule has 3 aromatic carbocycles. The van der Waals surface area contributed by atoms with Gasteiger partial charge in [0.1, 0.15) is 5.75 Å². The van der Waals surface area contributed by atoms with Crippen LogP contribution in [0.5, 0.6) is 5.75 Å². The Bertz CT molecular complexity index is 1630. The summed E-state index contributed by atoms with van der Waals surface area (Å²) in [7, 11) is 0. The molecule has 0 saturated heterocycles. The monoisotopic (exact) mass is 669 g/mol. The molecule has 1 heterocycles. The lowest BCUT2D eigenvalue weighted by atomic mass is 10.1. The molecule has 0 unspecified atom stereocenters. The van der Waals surface area contributed by atoms with E-state index in [4.69, 9.17) is 51.1 Å². The maximum Gasteiger partial charge on any atom is 0.338 e. The molecule has 1 aromatic heterocycles. The minimum atomic E-state index is -1.50. The maximum atomic E-state index is 13.0. The third-order valence-corrected chi connectivity index (χ3v) is 8.94. The number of carbonyl (C=O) groups excluding carboxylic acids is 2. The highest BCUT2D eigenvalue weighted by Crippen LogP contribution is 2.42. The molecule has 0 aliphatic heterocycles. The third kappa shape index (κ3) is 7.45. The molecule has 212 valence electrons. The summed E-state index contributed by atoms with van der Waals surface area (Å²) < 4.78 is 5.46. The van der Waals surface area contributed by atoms with E-state index in [1.807, 2.05) is 36.6 Å². The van der Waals surface area contributed by atoms with Crippen LogP contribution in [-0.2, 0) is 4.79 Å². The number of nitrogens with one attached hydrogen (secondary N) is 2. The molecule has 0 fully saturated rings. The number of aromatic carboxylic acids is 1. The Morgan fingerprint density at radius 3 is 2.29 bits per heavy atom. The smallest absolute Gasteiger partial charge is 0.338 e. The van der Waals surface area contributed by atoms with Crippen LogP contribution in [0.25, 0.3) is 11.3 Å². The zero-order valence-corrected chi connectivity index (χ0v) is 25.6. The molecule has 0 aliphatic rings. The number of thioether (sulfide) groups is 1. The van der Waals surface area contributed by atoms with Gasteiger partial charge in [-0.3, -0.25) is 9.59 Å². The Morgan fingerprint density at radius 2 is 1.63 bits per heavy atom. The van der Waals surface area contributed by atoms with E-state index in [1.165, 1.54) is 23.1 Å².